The summed E-state index contributed by atoms with van der Waals surface area (Å²) in [5, 5.41) is 9.59. The van der Waals surface area contributed by atoms with Gasteiger partial charge in [0.2, 0.25) is 0 Å². The molecule has 0 atom stereocenters. The summed E-state index contributed by atoms with van der Waals surface area (Å²) < 4.78 is 6.78. The summed E-state index contributed by atoms with van der Waals surface area (Å²) in [6.07, 6.45) is 3.68. The highest BCUT2D eigenvalue weighted by atomic mass is 35.5. The molecule has 6 heteroatoms. The van der Waals surface area contributed by atoms with Gasteiger partial charge in [0.05, 0.1) is 12.6 Å². The van der Waals surface area contributed by atoms with Gasteiger partial charge in [-0.3, -0.25) is 9.48 Å². The van der Waals surface area contributed by atoms with Crippen LogP contribution in [0.2, 0.25) is 0 Å². The molecule has 3 aromatic rings. The van der Waals surface area contributed by atoms with Gasteiger partial charge in [-0.15, -0.1) is 12.4 Å². The van der Waals surface area contributed by atoms with Crippen LogP contribution in [-0.4, -0.2) is 28.9 Å². The summed E-state index contributed by atoms with van der Waals surface area (Å²) in [5.41, 5.74) is 4.49. The number of hydrogen-bond donors (Lipinski definition) is 1. The molecule has 0 amide bonds. The number of ether oxygens (including phenoxy) is 1. The highest BCUT2D eigenvalue weighted by Gasteiger charge is 2.20. The van der Waals surface area contributed by atoms with Crippen molar-refractivity contribution in [2.45, 2.75) is 44.8 Å². The van der Waals surface area contributed by atoms with Gasteiger partial charge in [0.25, 0.3) is 0 Å². The van der Waals surface area contributed by atoms with Gasteiger partial charge in [0, 0.05) is 36.5 Å². The first-order chi connectivity index (χ1) is 13.2. The minimum Gasteiger partial charge on any atom is -0.469 e. The molecule has 1 fully saturated rings. The van der Waals surface area contributed by atoms with Crippen LogP contribution >= 0.6 is 12.4 Å². The van der Waals surface area contributed by atoms with Crippen molar-refractivity contribution in [3.8, 4) is 11.3 Å². The quantitative estimate of drug-likeness (QED) is 0.573. The molecule has 1 aliphatic rings. The molecule has 0 spiro atoms. The molecular weight excluding hydrogens is 374 g/mol. The van der Waals surface area contributed by atoms with E-state index >= 15 is 0 Å². The second kappa shape index (κ2) is 9.22. The molecule has 1 aromatic heterocycles. The third kappa shape index (κ3) is 4.72. The van der Waals surface area contributed by atoms with Crippen molar-refractivity contribution < 1.29 is 9.53 Å². The van der Waals surface area contributed by atoms with Gasteiger partial charge in [0.1, 0.15) is 5.69 Å². The van der Waals surface area contributed by atoms with Crippen molar-refractivity contribution >= 4 is 29.3 Å². The topological polar surface area (TPSA) is 56.2 Å². The highest BCUT2D eigenvalue weighted by Crippen LogP contribution is 2.29. The Balaban J connectivity index is 0.00000225. The molecule has 2 aromatic carbocycles. The first-order valence-corrected chi connectivity index (χ1v) is 9.59. The van der Waals surface area contributed by atoms with E-state index in [1.54, 1.807) is 0 Å². The molecule has 1 saturated carbocycles. The first-order valence-electron chi connectivity index (χ1n) is 9.59. The minimum atomic E-state index is -0.177. The lowest BCUT2D eigenvalue weighted by molar-refractivity contribution is -0.140. The molecule has 148 valence electrons. The fraction of sp³-hybridized carbons (Fsp3) is 0.364. The number of carbonyl (C=O) groups excluding carboxylic acids is 1. The van der Waals surface area contributed by atoms with E-state index < -0.39 is 0 Å². The zero-order valence-electron chi connectivity index (χ0n) is 16.1. The fourth-order valence-electron chi connectivity index (χ4n) is 3.33. The molecule has 4 rings (SSSR count). The highest BCUT2D eigenvalue weighted by molar-refractivity contribution is 5.93. The second-order valence-corrected chi connectivity index (χ2v) is 7.12. The third-order valence-corrected chi connectivity index (χ3v) is 5.01. The van der Waals surface area contributed by atoms with Gasteiger partial charge >= 0.3 is 5.97 Å². The van der Waals surface area contributed by atoms with E-state index in [2.05, 4.69) is 35.6 Å². The molecule has 0 aliphatic heterocycles. The summed E-state index contributed by atoms with van der Waals surface area (Å²) in [5.74, 6) is -0.177. The number of methoxy groups -OCH3 is 1. The van der Waals surface area contributed by atoms with E-state index in [1.807, 2.05) is 22.9 Å². The number of fused-ring (bicyclic) bond motifs is 1. The predicted molar refractivity (Wildman–Crippen MR) is 114 cm³/mol. The molecule has 1 N–H and O–H groups in total. The minimum absolute atomic E-state index is 0. The standard InChI is InChI=1S/C22H25N3O2.ClH/c1-27-21(26)8-5-13-25-20-14-16(15-23-18-10-11-18)9-12-19(20)22(24-25)17-6-3-2-4-7-17;/h2-4,6-7,9,12,14,18,23H,5,8,10-11,13,15H2,1H3;1H. The zero-order chi connectivity index (χ0) is 18.6. The van der Waals surface area contributed by atoms with Gasteiger partial charge in [-0.05, 0) is 30.9 Å². The van der Waals surface area contributed by atoms with E-state index in [9.17, 15) is 4.79 Å². The normalized spacial score (nSPS) is 13.3. The Morgan fingerprint density at radius 1 is 1.21 bits per heavy atom. The number of hydrogen-bond acceptors (Lipinski definition) is 4. The van der Waals surface area contributed by atoms with E-state index in [0.29, 0.717) is 25.4 Å². The number of esters is 1. The molecule has 0 bridgehead atoms. The number of aromatic nitrogens is 2. The van der Waals surface area contributed by atoms with Gasteiger partial charge in [-0.2, -0.15) is 5.10 Å². The maximum absolute atomic E-state index is 11.4. The number of aryl methyl sites for hydroxylation is 1. The lowest BCUT2D eigenvalue weighted by Crippen LogP contribution is -2.15. The number of nitrogens with one attached hydrogen (secondary N) is 1. The van der Waals surface area contributed by atoms with E-state index in [0.717, 1.165) is 28.7 Å². The van der Waals surface area contributed by atoms with Crippen LogP contribution in [-0.2, 0) is 22.6 Å². The van der Waals surface area contributed by atoms with Crippen LogP contribution < -0.4 is 5.32 Å². The number of benzene rings is 2. The van der Waals surface area contributed by atoms with Crippen molar-refractivity contribution in [1.82, 2.24) is 15.1 Å². The smallest absolute Gasteiger partial charge is 0.305 e. The summed E-state index contributed by atoms with van der Waals surface area (Å²) in [6, 6.07) is 17.5. The van der Waals surface area contributed by atoms with Crippen LogP contribution in [0.4, 0.5) is 0 Å². The molecular formula is C22H26ClN3O2. The van der Waals surface area contributed by atoms with Crippen LogP contribution in [0, 0.1) is 0 Å². The fourth-order valence-corrected chi connectivity index (χ4v) is 3.33. The van der Waals surface area contributed by atoms with Crippen molar-refractivity contribution in [3.05, 3.63) is 54.1 Å². The Bertz CT molecular complexity index is 936. The maximum atomic E-state index is 11.4. The average molecular weight is 400 g/mol. The Labute approximate surface area is 171 Å². The lowest BCUT2D eigenvalue weighted by atomic mass is 10.1. The third-order valence-electron chi connectivity index (χ3n) is 5.01. The summed E-state index contributed by atoms with van der Waals surface area (Å²) in [7, 11) is 1.43. The van der Waals surface area contributed by atoms with Crippen molar-refractivity contribution in [2.24, 2.45) is 0 Å². The van der Waals surface area contributed by atoms with Crippen molar-refractivity contribution in [3.63, 3.8) is 0 Å². The molecule has 1 aliphatic carbocycles. The van der Waals surface area contributed by atoms with Crippen LogP contribution in [0.25, 0.3) is 22.2 Å². The SMILES string of the molecule is COC(=O)CCCn1nc(-c2ccccc2)c2ccc(CNC3CC3)cc21.Cl. The van der Waals surface area contributed by atoms with Crippen molar-refractivity contribution in [2.75, 3.05) is 7.11 Å². The van der Waals surface area contributed by atoms with E-state index in [-0.39, 0.29) is 18.4 Å². The number of rotatable bonds is 8. The van der Waals surface area contributed by atoms with Gasteiger partial charge in [0.15, 0.2) is 0 Å². The molecule has 0 unspecified atom stereocenters. The lowest BCUT2D eigenvalue weighted by Gasteiger charge is -2.06. The molecule has 1 heterocycles. The Kier molecular flexibility index (Phi) is 6.70. The number of carbonyl (C=O) groups is 1. The zero-order valence-corrected chi connectivity index (χ0v) is 16.9. The summed E-state index contributed by atoms with van der Waals surface area (Å²) >= 11 is 0. The van der Waals surface area contributed by atoms with Gasteiger partial charge in [-0.25, -0.2) is 0 Å². The van der Waals surface area contributed by atoms with E-state index in [4.69, 9.17) is 9.84 Å². The van der Waals surface area contributed by atoms with Crippen LogP contribution in [0.1, 0.15) is 31.2 Å². The van der Waals surface area contributed by atoms with Gasteiger partial charge < -0.3 is 10.1 Å². The molecule has 0 saturated heterocycles. The largest absolute Gasteiger partial charge is 0.469 e. The molecule has 28 heavy (non-hydrogen) atoms. The Hall–Kier alpha value is -2.37. The van der Waals surface area contributed by atoms with Crippen LogP contribution in [0.3, 0.4) is 0 Å². The maximum Gasteiger partial charge on any atom is 0.305 e. The first kappa shape index (κ1) is 20.4. The summed E-state index contributed by atoms with van der Waals surface area (Å²) in [4.78, 5) is 11.4. The van der Waals surface area contributed by atoms with Crippen LogP contribution in [0.15, 0.2) is 48.5 Å². The average Bonchev–Trinajstić information content (AvgIpc) is 3.48. The van der Waals surface area contributed by atoms with E-state index in [1.165, 1.54) is 25.5 Å². The molecule has 5 nitrogen and oxygen atoms in total. The number of halogens is 1. The number of nitrogens with zero attached hydrogens (tertiary/aromatic N) is 2. The van der Waals surface area contributed by atoms with Gasteiger partial charge in [-0.1, -0.05) is 42.5 Å². The monoisotopic (exact) mass is 399 g/mol. The molecule has 0 radical (unpaired) electrons. The predicted octanol–water partition coefficient (Wildman–Crippen LogP) is 4.33. The Morgan fingerprint density at radius 2 is 2.00 bits per heavy atom. The van der Waals surface area contributed by atoms with Crippen LogP contribution in [0.5, 0.6) is 0 Å². The summed E-state index contributed by atoms with van der Waals surface area (Å²) in [6.45, 7) is 1.58. The Morgan fingerprint density at radius 3 is 2.71 bits per heavy atom. The second-order valence-electron chi connectivity index (χ2n) is 7.12. The van der Waals surface area contributed by atoms with Crippen molar-refractivity contribution in [1.29, 1.82) is 0 Å².